The zero-order chi connectivity index (χ0) is 20.2. The van der Waals surface area contributed by atoms with Gasteiger partial charge in [-0.05, 0) is 40.8 Å². The molecule has 0 saturated carbocycles. The van der Waals surface area contributed by atoms with Crippen LogP contribution in [0.1, 0.15) is 28.2 Å². The number of benzene rings is 2. The predicted molar refractivity (Wildman–Crippen MR) is 117 cm³/mol. The van der Waals surface area contributed by atoms with Gasteiger partial charge in [0.15, 0.2) is 0 Å². The second kappa shape index (κ2) is 8.76. The Balaban J connectivity index is 1.28. The summed E-state index contributed by atoms with van der Waals surface area (Å²) in [5.74, 6) is 0.109. The van der Waals surface area contributed by atoms with Crippen molar-refractivity contribution in [2.24, 2.45) is 0 Å². The number of carbonyl (C=O) groups is 2. The van der Waals surface area contributed by atoms with Crippen LogP contribution >= 0.6 is 11.3 Å². The van der Waals surface area contributed by atoms with Crippen LogP contribution in [-0.4, -0.2) is 54.3 Å². The van der Waals surface area contributed by atoms with Crippen LogP contribution in [0.4, 0.5) is 0 Å². The molecule has 2 aromatic carbocycles. The number of rotatable bonds is 5. The average molecular weight is 408 g/mol. The molecule has 0 aliphatic carbocycles. The number of nitrogens with one attached hydrogen (secondary N) is 1. The van der Waals surface area contributed by atoms with E-state index in [-0.39, 0.29) is 17.9 Å². The molecule has 2 heterocycles. The molecule has 1 fully saturated rings. The predicted octanol–water partition coefficient (Wildman–Crippen LogP) is 3.54. The number of amides is 2. The molecule has 4 rings (SSSR count). The third-order valence-corrected chi connectivity index (χ3v) is 6.27. The minimum Gasteiger partial charge on any atom is -0.348 e. The van der Waals surface area contributed by atoms with Crippen molar-refractivity contribution in [1.29, 1.82) is 0 Å². The molecule has 1 saturated heterocycles. The molecule has 1 unspecified atom stereocenters. The third-order valence-electron chi connectivity index (χ3n) is 5.41. The van der Waals surface area contributed by atoms with Crippen LogP contribution in [0.25, 0.3) is 10.8 Å². The van der Waals surface area contributed by atoms with Gasteiger partial charge in [0.2, 0.25) is 5.91 Å². The number of thiophene rings is 1. The van der Waals surface area contributed by atoms with Gasteiger partial charge in [-0.1, -0.05) is 42.5 Å². The van der Waals surface area contributed by atoms with Gasteiger partial charge < -0.3 is 10.2 Å². The Morgan fingerprint density at radius 3 is 2.48 bits per heavy atom. The molecule has 1 N–H and O–H groups in total. The summed E-state index contributed by atoms with van der Waals surface area (Å²) in [5, 5.41) is 7.40. The normalized spacial score (nSPS) is 16.0. The molecule has 0 bridgehead atoms. The maximum atomic E-state index is 12.5. The summed E-state index contributed by atoms with van der Waals surface area (Å²) in [6.45, 7) is 5.12. The molecule has 6 heteroatoms. The quantitative estimate of drug-likeness (QED) is 0.704. The third kappa shape index (κ3) is 4.66. The number of hydrogen-bond donors (Lipinski definition) is 1. The van der Waals surface area contributed by atoms with Crippen molar-refractivity contribution in [3.8, 4) is 0 Å². The van der Waals surface area contributed by atoms with Crippen LogP contribution in [0, 0.1) is 0 Å². The van der Waals surface area contributed by atoms with Crippen LogP contribution < -0.4 is 5.32 Å². The van der Waals surface area contributed by atoms with Crippen LogP contribution in [0.3, 0.4) is 0 Å². The molecule has 5 nitrogen and oxygen atoms in total. The van der Waals surface area contributed by atoms with E-state index in [1.54, 1.807) is 0 Å². The standard InChI is InChI=1S/C23H25N3O2S/c1-17(19-9-8-18-5-2-3-6-20(18)15-19)24-22(27)16-25-10-12-26(13-11-25)23(28)21-7-4-14-29-21/h2-9,14-15,17H,10-13,16H2,1H3,(H,24,27). The summed E-state index contributed by atoms with van der Waals surface area (Å²) in [4.78, 5) is 29.7. The zero-order valence-corrected chi connectivity index (χ0v) is 17.3. The second-order valence-corrected chi connectivity index (χ2v) is 8.39. The smallest absolute Gasteiger partial charge is 0.264 e. The van der Waals surface area contributed by atoms with Crippen molar-refractivity contribution in [3.63, 3.8) is 0 Å². The second-order valence-electron chi connectivity index (χ2n) is 7.44. The van der Waals surface area contributed by atoms with Crippen molar-refractivity contribution < 1.29 is 9.59 Å². The van der Waals surface area contributed by atoms with Gasteiger partial charge in [-0.25, -0.2) is 0 Å². The van der Waals surface area contributed by atoms with Crippen LogP contribution in [0.2, 0.25) is 0 Å². The monoisotopic (exact) mass is 407 g/mol. The summed E-state index contributed by atoms with van der Waals surface area (Å²) in [6, 6.07) is 18.2. The minimum atomic E-state index is -0.0474. The van der Waals surface area contributed by atoms with E-state index in [0.717, 1.165) is 23.5 Å². The number of carbonyl (C=O) groups excluding carboxylic acids is 2. The molecular weight excluding hydrogens is 382 g/mol. The Hall–Kier alpha value is -2.70. The lowest BCUT2D eigenvalue weighted by Crippen LogP contribution is -2.51. The van der Waals surface area contributed by atoms with E-state index in [1.807, 2.05) is 41.5 Å². The van der Waals surface area contributed by atoms with E-state index in [4.69, 9.17) is 0 Å². The van der Waals surface area contributed by atoms with Crippen molar-refractivity contribution in [2.45, 2.75) is 13.0 Å². The van der Waals surface area contributed by atoms with Gasteiger partial charge in [-0.2, -0.15) is 0 Å². The van der Waals surface area contributed by atoms with Gasteiger partial charge in [0.25, 0.3) is 5.91 Å². The lowest BCUT2D eigenvalue weighted by Gasteiger charge is -2.34. The Morgan fingerprint density at radius 2 is 1.76 bits per heavy atom. The molecule has 0 radical (unpaired) electrons. The fourth-order valence-corrected chi connectivity index (χ4v) is 4.41. The average Bonchev–Trinajstić information content (AvgIpc) is 3.28. The van der Waals surface area contributed by atoms with E-state index < -0.39 is 0 Å². The van der Waals surface area contributed by atoms with Gasteiger partial charge in [0.1, 0.15) is 0 Å². The van der Waals surface area contributed by atoms with Crippen LogP contribution in [0.5, 0.6) is 0 Å². The summed E-state index contributed by atoms with van der Waals surface area (Å²) in [7, 11) is 0. The van der Waals surface area contributed by atoms with E-state index in [0.29, 0.717) is 19.6 Å². The molecule has 150 valence electrons. The van der Waals surface area contributed by atoms with Gasteiger partial charge in [-0.3, -0.25) is 14.5 Å². The maximum absolute atomic E-state index is 12.5. The maximum Gasteiger partial charge on any atom is 0.264 e. The molecule has 1 aromatic heterocycles. The zero-order valence-electron chi connectivity index (χ0n) is 16.5. The molecule has 29 heavy (non-hydrogen) atoms. The molecule has 1 aliphatic rings. The molecule has 1 atom stereocenters. The van der Waals surface area contributed by atoms with Crippen LogP contribution in [-0.2, 0) is 4.79 Å². The number of hydrogen-bond acceptors (Lipinski definition) is 4. The van der Waals surface area contributed by atoms with Crippen molar-refractivity contribution in [1.82, 2.24) is 15.1 Å². The Kier molecular flexibility index (Phi) is 5.92. The lowest BCUT2D eigenvalue weighted by molar-refractivity contribution is -0.123. The van der Waals surface area contributed by atoms with Crippen LogP contribution in [0.15, 0.2) is 60.0 Å². The summed E-state index contributed by atoms with van der Waals surface area (Å²) in [5.41, 5.74) is 1.10. The van der Waals surface area contributed by atoms with Crippen molar-refractivity contribution in [2.75, 3.05) is 32.7 Å². The minimum absolute atomic E-state index is 0.0173. The first-order chi connectivity index (χ1) is 14.1. The van der Waals surface area contributed by atoms with Crippen molar-refractivity contribution in [3.05, 3.63) is 70.4 Å². The van der Waals surface area contributed by atoms with E-state index in [9.17, 15) is 9.59 Å². The summed E-state index contributed by atoms with van der Waals surface area (Å²) < 4.78 is 0. The number of piperazine rings is 1. The largest absolute Gasteiger partial charge is 0.348 e. The highest BCUT2D eigenvalue weighted by atomic mass is 32.1. The number of nitrogens with zero attached hydrogens (tertiary/aromatic N) is 2. The molecule has 1 aliphatic heterocycles. The Morgan fingerprint density at radius 1 is 1.00 bits per heavy atom. The first kappa shape index (κ1) is 19.6. The fourth-order valence-electron chi connectivity index (χ4n) is 3.72. The van der Waals surface area contributed by atoms with E-state index >= 15 is 0 Å². The summed E-state index contributed by atoms with van der Waals surface area (Å²) >= 11 is 1.47. The fraction of sp³-hybridized carbons (Fsp3) is 0.304. The molecule has 2 amide bonds. The highest BCUT2D eigenvalue weighted by molar-refractivity contribution is 7.12. The van der Waals surface area contributed by atoms with Gasteiger partial charge in [0.05, 0.1) is 17.5 Å². The topological polar surface area (TPSA) is 52.7 Å². The Bertz CT molecular complexity index is 994. The van der Waals surface area contributed by atoms with E-state index in [1.165, 1.54) is 22.1 Å². The van der Waals surface area contributed by atoms with Gasteiger partial charge >= 0.3 is 0 Å². The summed E-state index contributed by atoms with van der Waals surface area (Å²) in [6.07, 6.45) is 0. The Labute approximate surface area is 174 Å². The van der Waals surface area contributed by atoms with E-state index in [2.05, 4.69) is 40.5 Å². The molecular formula is C23H25N3O2S. The number of fused-ring (bicyclic) bond motifs is 1. The molecule has 0 spiro atoms. The van der Waals surface area contributed by atoms with Gasteiger partial charge in [-0.15, -0.1) is 11.3 Å². The SMILES string of the molecule is CC(NC(=O)CN1CCN(C(=O)c2cccs2)CC1)c1ccc2ccccc2c1. The lowest BCUT2D eigenvalue weighted by atomic mass is 10.0. The first-order valence-corrected chi connectivity index (χ1v) is 10.8. The highest BCUT2D eigenvalue weighted by Gasteiger charge is 2.24. The van der Waals surface area contributed by atoms with Gasteiger partial charge in [0, 0.05) is 26.2 Å². The van der Waals surface area contributed by atoms with Crippen molar-refractivity contribution >= 4 is 33.9 Å². The molecule has 3 aromatic rings. The highest BCUT2D eigenvalue weighted by Crippen LogP contribution is 2.20. The first-order valence-electron chi connectivity index (χ1n) is 9.93.